The number of rotatable bonds is 5. The molecule has 1 unspecified atom stereocenters. The van der Waals surface area contributed by atoms with E-state index >= 15 is 0 Å². The number of methoxy groups -OCH3 is 1. The average molecular weight is 313 g/mol. The lowest BCUT2D eigenvalue weighted by Crippen LogP contribution is -2.34. The van der Waals surface area contributed by atoms with Gasteiger partial charge in [0.05, 0.1) is 18.2 Å². The number of hydrogen-bond donors (Lipinski definition) is 2. The number of nitrogens with one attached hydrogen (secondary N) is 1. The molecule has 1 amide bonds. The van der Waals surface area contributed by atoms with Crippen LogP contribution in [-0.2, 0) is 9.53 Å². The molecule has 2 N–H and O–H groups in total. The Labute approximate surface area is 132 Å². The van der Waals surface area contributed by atoms with Crippen molar-refractivity contribution in [3.63, 3.8) is 0 Å². The third-order valence-corrected chi connectivity index (χ3v) is 3.23. The van der Waals surface area contributed by atoms with Gasteiger partial charge in [-0.15, -0.1) is 0 Å². The van der Waals surface area contributed by atoms with E-state index in [1.54, 1.807) is 42.5 Å². The molecule has 23 heavy (non-hydrogen) atoms. The van der Waals surface area contributed by atoms with E-state index in [2.05, 4.69) is 10.1 Å². The summed E-state index contributed by atoms with van der Waals surface area (Å²) in [6.45, 7) is 0. The summed E-state index contributed by atoms with van der Waals surface area (Å²) < 4.78 is 4.63. The van der Waals surface area contributed by atoms with Gasteiger partial charge >= 0.3 is 11.9 Å². The largest absolute Gasteiger partial charge is 0.479 e. The lowest BCUT2D eigenvalue weighted by Gasteiger charge is -2.16. The van der Waals surface area contributed by atoms with Crippen LogP contribution in [0.4, 0.5) is 0 Å². The van der Waals surface area contributed by atoms with Crippen molar-refractivity contribution < 1.29 is 24.2 Å². The number of benzene rings is 2. The fourth-order valence-corrected chi connectivity index (χ4v) is 2.11. The van der Waals surface area contributed by atoms with Gasteiger partial charge in [0.1, 0.15) is 0 Å². The zero-order chi connectivity index (χ0) is 16.8. The Kier molecular flexibility index (Phi) is 5.09. The van der Waals surface area contributed by atoms with Crippen LogP contribution in [-0.4, -0.2) is 30.1 Å². The second-order valence-corrected chi connectivity index (χ2v) is 4.69. The van der Waals surface area contributed by atoms with Crippen molar-refractivity contribution in [1.82, 2.24) is 5.32 Å². The average Bonchev–Trinajstić information content (AvgIpc) is 2.59. The van der Waals surface area contributed by atoms with Crippen molar-refractivity contribution in [2.45, 2.75) is 6.04 Å². The summed E-state index contributed by atoms with van der Waals surface area (Å²) >= 11 is 0. The van der Waals surface area contributed by atoms with E-state index in [0.29, 0.717) is 5.56 Å². The standard InChI is InChI=1S/C17H15NO5/c1-23-17(22)13-10-6-5-9-12(13)15(19)18-14(16(20)21)11-7-3-2-4-8-11/h2-10,14H,1H3,(H,18,19)(H,20,21). The lowest BCUT2D eigenvalue weighted by atomic mass is 10.0. The molecule has 0 heterocycles. The molecule has 2 aromatic carbocycles. The van der Waals surface area contributed by atoms with Gasteiger partial charge in [0, 0.05) is 0 Å². The molecule has 0 radical (unpaired) electrons. The van der Waals surface area contributed by atoms with Crippen molar-refractivity contribution in [2.24, 2.45) is 0 Å². The van der Waals surface area contributed by atoms with Gasteiger partial charge in [0.2, 0.25) is 0 Å². The van der Waals surface area contributed by atoms with E-state index in [-0.39, 0.29) is 11.1 Å². The minimum atomic E-state index is -1.21. The van der Waals surface area contributed by atoms with Crippen LogP contribution in [0.1, 0.15) is 32.3 Å². The molecule has 118 valence electrons. The molecule has 2 aromatic rings. The molecule has 0 fully saturated rings. The number of ether oxygens (including phenoxy) is 1. The van der Waals surface area contributed by atoms with E-state index in [1.165, 1.54) is 19.2 Å². The van der Waals surface area contributed by atoms with Gasteiger partial charge in [0.25, 0.3) is 5.91 Å². The first kappa shape index (κ1) is 16.2. The highest BCUT2D eigenvalue weighted by molar-refractivity contribution is 6.06. The highest BCUT2D eigenvalue weighted by atomic mass is 16.5. The summed E-state index contributed by atoms with van der Waals surface area (Å²) in [5.74, 6) is -2.52. The molecule has 0 saturated heterocycles. The zero-order valence-corrected chi connectivity index (χ0v) is 12.4. The predicted molar refractivity (Wildman–Crippen MR) is 82.1 cm³/mol. The second kappa shape index (κ2) is 7.22. The third-order valence-electron chi connectivity index (χ3n) is 3.23. The molecular weight excluding hydrogens is 298 g/mol. The minimum Gasteiger partial charge on any atom is -0.479 e. The van der Waals surface area contributed by atoms with Gasteiger partial charge in [-0.3, -0.25) is 4.79 Å². The topological polar surface area (TPSA) is 92.7 Å². The van der Waals surface area contributed by atoms with Gasteiger partial charge in [-0.1, -0.05) is 42.5 Å². The summed E-state index contributed by atoms with van der Waals surface area (Å²) in [4.78, 5) is 35.5. The first-order chi connectivity index (χ1) is 11.0. The third kappa shape index (κ3) is 3.74. The fraction of sp³-hybridized carbons (Fsp3) is 0.118. The lowest BCUT2D eigenvalue weighted by molar-refractivity contribution is -0.139. The summed E-state index contributed by atoms with van der Waals surface area (Å²) in [6.07, 6.45) is 0. The van der Waals surface area contributed by atoms with Gasteiger partial charge in [-0.05, 0) is 17.7 Å². The molecule has 6 nitrogen and oxygen atoms in total. The molecular formula is C17H15NO5. The van der Waals surface area contributed by atoms with Crippen molar-refractivity contribution in [3.05, 3.63) is 71.3 Å². The maximum absolute atomic E-state index is 12.4. The highest BCUT2D eigenvalue weighted by Gasteiger charge is 2.24. The van der Waals surface area contributed by atoms with Crippen LogP contribution in [0.25, 0.3) is 0 Å². The number of carboxylic acids is 1. The molecule has 0 aromatic heterocycles. The van der Waals surface area contributed by atoms with E-state index in [0.717, 1.165) is 0 Å². The zero-order valence-electron chi connectivity index (χ0n) is 12.4. The Morgan fingerprint density at radius 2 is 1.52 bits per heavy atom. The quantitative estimate of drug-likeness (QED) is 0.824. The smallest absolute Gasteiger partial charge is 0.338 e. The van der Waals surface area contributed by atoms with Gasteiger partial charge < -0.3 is 15.2 Å². The van der Waals surface area contributed by atoms with Crippen molar-refractivity contribution in [2.75, 3.05) is 7.11 Å². The van der Waals surface area contributed by atoms with Gasteiger partial charge in [-0.2, -0.15) is 0 Å². The Balaban J connectivity index is 2.30. The normalized spacial score (nSPS) is 11.3. The van der Waals surface area contributed by atoms with Crippen molar-refractivity contribution in [3.8, 4) is 0 Å². The van der Waals surface area contributed by atoms with Crippen LogP contribution < -0.4 is 5.32 Å². The summed E-state index contributed by atoms with van der Waals surface area (Å²) in [7, 11) is 1.21. The number of carbonyl (C=O) groups excluding carboxylic acids is 2. The van der Waals surface area contributed by atoms with Crippen molar-refractivity contribution in [1.29, 1.82) is 0 Å². The second-order valence-electron chi connectivity index (χ2n) is 4.69. The van der Waals surface area contributed by atoms with Crippen molar-refractivity contribution >= 4 is 17.8 Å². The maximum Gasteiger partial charge on any atom is 0.338 e. The van der Waals surface area contributed by atoms with E-state index < -0.39 is 23.9 Å². The minimum absolute atomic E-state index is 0.0570. The Hall–Kier alpha value is -3.15. The molecule has 6 heteroatoms. The van der Waals surface area contributed by atoms with Crippen LogP contribution in [0.5, 0.6) is 0 Å². The van der Waals surface area contributed by atoms with E-state index in [9.17, 15) is 19.5 Å². The molecule has 0 spiro atoms. The molecule has 0 aliphatic carbocycles. The Morgan fingerprint density at radius 3 is 2.09 bits per heavy atom. The number of carboxylic acid groups (broad SMARTS) is 1. The molecule has 2 rings (SSSR count). The van der Waals surface area contributed by atoms with Gasteiger partial charge in [0.15, 0.2) is 6.04 Å². The van der Waals surface area contributed by atoms with E-state index in [4.69, 9.17) is 0 Å². The number of amides is 1. The van der Waals surface area contributed by atoms with Crippen LogP contribution >= 0.6 is 0 Å². The maximum atomic E-state index is 12.4. The highest BCUT2D eigenvalue weighted by Crippen LogP contribution is 2.16. The van der Waals surface area contributed by atoms with E-state index in [1.807, 2.05) is 0 Å². The number of esters is 1. The predicted octanol–water partition coefficient (Wildman–Crippen LogP) is 2.03. The first-order valence-corrected chi connectivity index (χ1v) is 6.80. The number of aliphatic carboxylic acids is 1. The van der Waals surface area contributed by atoms with Crippen LogP contribution in [0, 0.1) is 0 Å². The first-order valence-electron chi connectivity index (χ1n) is 6.80. The van der Waals surface area contributed by atoms with Crippen LogP contribution in [0.15, 0.2) is 54.6 Å². The van der Waals surface area contributed by atoms with Crippen LogP contribution in [0.2, 0.25) is 0 Å². The Morgan fingerprint density at radius 1 is 0.957 bits per heavy atom. The summed E-state index contributed by atoms with van der Waals surface area (Å²) in [6, 6.07) is 13.2. The molecule has 0 aliphatic rings. The summed E-state index contributed by atoms with van der Waals surface area (Å²) in [5.41, 5.74) is 0.565. The van der Waals surface area contributed by atoms with Crippen LogP contribution in [0.3, 0.4) is 0 Å². The SMILES string of the molecule is COC(=O)c1ccccc1C(=O)NC(C(=O)O)c1ccccc1. The summed E-state index contributed by atoms with van der Waals surface area (Å²) in [5, 5.41) is 11.8. The monoisotopic (exact) mass is 313 g/mol. The van der Waals surface area contributed by atoms with Gasteiger partial charge in [-0.25, -0.2) is 9.59 Å². The fourth-order valence-electron chi connectivity index (χ4n) is 2.11. The molecule has 0 bridgehead atoms. The molecule has 0 saturated carbocycles. The molecule has 0 aliphatic heterocycles. The number of carbonyl (C=O) groups is 3. The Bertz CT molecular complexity index is 727. The molecule has 1 atom stereocenters. The number of hydrogen-bond acceptors (Lipinski definition) is 4.